The first kappa shape index (κ1) is 14.6. The number of amides is 1. The van der Waals surface area contributed by atoms with Gasteiger partial charge in [-0.15, -0.1) is 0 Å². The molecule has 0 aliphatic heterocycles. The monoisotopic (exact) mass is 290 g/mol. The lowest BCUT2D eigenvalue weighted by Crippen LogP contribution is -2.29. The van der Waals surface area contributed by atoms with Crippen molar-refractivity contribution in [3.63, 3.8) is 0 Å². The van der Waals surface area contributed by atoms with E-state index in [1.54, 1.807) is 0 Å². The van der Waals surface area contributed by atoms with E-state index in [4.69, 9.17) is 0 Å². The molecule has 2 rings (SSSR count). The van der Waals surface area contributed by atoms with Gasteiger partial charge in [-0.05, 0) is 18.9 Å². The Bertz CT molecular complexity index is 539. The Morgan fingerprint density at radius 1 is 1.40 bits per heavy atom. The van der Waals surface area contributed by atoms with Crippen LogP contribution in [0.5, 0.6) is 0 Å². The molecular formula is C14H18N4OS. The van der Waals surface area contributed by atoms with E-state index in [2.05, 4.69) is 58.6 Å². The summed E-state index contributed by atoms with van der Waals surface area (Å²) in [6.45, 7) is 4.12. The maximum Gasteiger partial charge on any atom is 0.230 e. The highest BCUT2D eigenvalue weighted by Crippen LogP contribution is 2.18. The summed E-state index contributed by atoms with van der Waals surface area (Å²) >= 11 is 1.34. The van der Waals surface area contributed by atoms with Crippen molar-refractivity contribution in [3.05, 3.63) is 41.7 Å². The Hall–Kier alpha value is -1.82. The van der Waals surface area contributed by atoms with Gasteiger partial charge < -0.3 is 5.32 Å². The van der Waals surface area contributed by atoms with Crippen LogP contribution in [-0.2, 0) is 4.79 Å². The van der Waals surface area contributed by atoms with Gasteiger partial charge in [0.1, 0.15) is 6.33 Å². The number of hydrogen-bond acceptors (Lipinski definition) is 4. The second-order valence-electron chi connectivity index (χ2n) is 4.52. The lowest BCUT2D eigenvalue weighted by atomic mass is 10.0. The number of benzene rings is 1. The van der Waals surface area contributed by atoms with Crippen molar-refractivity contribution >= 4 is 17.7 Å². The summed E-state index contributed by atoms with van der Waals surface area (Å²) in [6.07, 6.45) is 2.29. The van der Waals surface area contributed by atoms with E-state index in [1.807, 2.05) is 0 Å². The molecule has 1 aromatic carbocycles. The lowest BCUT2D eigenvalue weighted by molar-refractivity contribution is -0.119. The molecule has 0 unspecified atom stereocenters. The number of rotatable bonds is 6. The van der Waals surface area contributed by atoms with Gasteiger partial charge in [-0.2, -0.15) is 5.10 Å². The number of thioether (sulfide) groups is 1. The number of aromatic nitrogens is 3. The zero-order valence-corrected chi connectivity index (χ0v) is 12.4. The van der Waals surface area contributed by atoms with E-state index in [0.29, 0.717) is 10.9 Å². The normalized spacial score (nSPS) is 12.1. The minimum atomic E-state index is -0.00109. The summed E-state index contributed by atoms with van der Waals surface area (Å²) in [6, 6.07) is 8.31. The van der Waals surface area contributed by atoms with Gasteiger partial charge in [-0.1, -0.05) is 48.5 Å². The number of nitrogens with zero attached hydrogens (tertiary/aromatic N) is 2. The molecule has 2 N–H and O–H groups in total. The fraction of sp³-hybridized carbons (Fsp3) is 0.357. The predicted octanol–water partition coefficient (Wildman–Crippen LogP) is 2.47. The first-order valence-electron chi connectivity index (χ1n) is 6.53. The van der Waals surface area contributed by atoms with Gasteiger partial charge in [-0.3, -0.25) is 9.89 Å². The lowest BCUT2D eigenvalue weighted by Gasteiger charge is -2.17. The van der Waals surface area contributed by atoms with E-state index in [0.717, 1.165) is 12.0 Å². The molecular weight excluding hydrogens is 272 g/mol. The van der Waals surface area contributed by atoms with Gasteiger partial charge in [0.15, 0.2) is 5.16 Å². The van der Waals surface area contributed by atoms with Gasteiger partial charge in [0.2, 0.25) is 5.91 Å². The molecule has 20 heavy (non-hydrogen) atoms. The molecule has 0 radical (unpaired) electrons. The molecule has 1 atom stereocenters. The third-order valence-electron chi connectivity index (χ3n) is 2.96. The Labute approximate surface area is 122 Å². The highest BCUT2D eigenvalue weighted by Gasteiger charge is 2.13. The summed E-state index contributed by atoms with van der Waals surface area (Å²) in [7, 11) is 0. The van der Waals surface area contributed by atoms with Crippen molar-refractivity contribution < 1.29 is 4.79 Å². The average molecular weight is 290 g/mol. The molecule has 0 bridgehead atoms. The largest absolute Gasteiger partial charge is 0.349 e. The number of aryl methyl sites for hydroxylation is 1. The number of aromatic amines is 1. The van der Waals surface area contributed by atoms with Crippen LogP contribution in [0.2, 0.25) is 0 Å². The maximum atomic E-state index is 12.0. The topological polar surface area (TPSA) is 70.7 Å². The third-order valence-corrected chi connectivity index (χ3v) is 3.83. The second kappa shape index (κ2) is 7.09. The molecule has 0 aliphatic rings. The number of H-pyrrole nitrogens is 1. The fourth-order valence-corrected chi connectivity index (χ4v) is 2.44. The first-order chi connectivity index (χ1) is 9.69. The average Bonchev–Trinajstić information content (AvgIpc) is 2.97. The summed E-state index contributed by atoms with van der Waals surface area (Å²) in [5, 5.41) is 10.2. The minimum absolute atomic E-state index is 0.00109. The summed E-state index contributed by atoms with van der Waals surface area (Å²) in [4.78, 5) is 15.9. The molecule has 0 fully saturated rings. The van der Waals surface area contributed by atoms with Crippen LogP contribution in [0.25, 0.3) is 0 Å². The second-order valence-corrected chi connectivity index (χ2v) is 5.48. The van der Waals surface area contributed by atoms with Crippen LogP contribution in [0.1, 0.15) is 30.5 Å². The molecule has 0 spiro atoms. The van der Waals surface area contributed by atoms with E-state index >= 15 is 0 Å². The first-order valence-corrected chi connectivity index (χ1v) is 7.51. The zero-order valence-electron chi connectivity index (χ0n) is 11.6. The van der Waals surface area contributed by atoms with E-state index in [-0.39, 0.29) is 11.9 Å². The van der Waals surface area contributed by atoms with Gasteiger partial charge in [-0.25, -0.2) is 4.98 Å². The van der Waals surface area contributed by atoms with Crippen LogP contribution < -0.4 is 5.32 Å². The molecule has 106 valence electrons. The Kier molecular flexibility index (Phi) is 5.17. The van der Waals surface area contributed by atoms with Crippen molar-refractivity contribution in [2.24, 2.45) is 0 Å². The maximum absolute atomic E-state index is 12.0. The summed E-state index contributed by atoms with van der Waals surface area (Å²) in [5.74, 6) is 0.330. The van der Waals surface area contributed by atoms with E-state index in [9.17, 15) is 4.79 Å². The summed E-state index contributed by atoms with van der Waals surface area (Å²) < 4.78 is 0. The van der Waals surface area contributed by atoms with Gasteiger partial charge >= 0.3 is 0 Å². The molecule has 1 aromatic heterocycles. The van der Waals surface area contributed by atoms with Gasteiger partial charge in [0, 0.05) is 0 Å². The minimum Gasteiger partial charge on any atom is -0.349 e. The molecule has 6 heteroatoms. The van der Waals surface area contributed by atoms with E-state index < -0.39 is 0 Å². The van der Waals surface area contributed by atoms with Crippen LogP contribution >= 0.6 is 11.8 Å². The molecule has 2 aromatic rings. The summed E-state index contributed by atoms with van der Waals surface area (Å²) in [5.41, 5.74) is 2.35. The number of carbonyl (C=O) groups is 1. The van der Waals surface area contributed by atoms with E-state index in [1.165, 1.54) is 23.7 Å². The van der Waals surface area contributed by atoms with Crippen molar-refractivity contribution in [3.8, 4) is 0 Å². The quantitative estimate of drug-likeness (QED) is 0.802. The van der Waals surface area contributed by atoms with Crippen molar-refractivity contribution in [1.29, 1.82) is 0 Å². The number of carbonyl (C=O) groups excluding carboxylic acids is 1. The highest BCUT2D eigenvalue weighted by molar-refractivity contribution is 7.99. The van der Waals surface area contributed by atoms with Gasteiger partial charge in [0.05, 0.1) is 11.8 Å². The van der Waals surface area contributed by atoms with Crippen molar-refractivity contribution in [1.82, 2.24) is 20.5 Å². The standard InChI is InChI=1S/C14H18N4OS/c1-3-12(11-6-4-10(2)5-7-11)17-13(19)8-20-14-15-9-16-18-14/h4-7,9,12H,3,8H2,1-2H3,(H,17,19)(H,15,16,18)/t12-/m1/s1. The van der Waals surface area contributed by atoms with Crippen molar-refractivity contribution in [2.45, 2.75) is 31.5 Å². The SMILES string of the molecule is CC[C@@H](NC(=O)CSc1ncn[nH]1)c1ccc(C)cc1. The number of nitrogens with one attached hydrogen (secondary N) is 2. The van der Waals surface area contributed by atoms with Crippen LogP contribution in [0, 0.1) is 6.92 Å². The smallest absolute Gasteiger partial charge is 0.230 e. The molecule has 0 aliphatic carbocycles. The Balaban J connectivity index is 1.89. The molecule has 0 saturated carbocycles. The third kappa shape index (κ3) is 4.09. The predicted molar refractivity (Wildman–Crippen MR) is 79.5 cm³/mol. The molecule has 5 nitrogen and oxygen atoms in total. The zero-order chi connectivity index (χ0) is 14.4. The van der Waals surface area contributed by atoms with Crippen LogP contribution in [-0.4, -0.2) is 26.8 Å². The Morgan fingerprint density at radius 2 is 2.15 bits per heavy atom. The van der Waals surface area contributed by atoms with Gasteiger partial charge in [0.25, 0.3) is 0 Å². The molecule has 1 heterocycles. The van der Waals surface area contributed by atoms with Crippen LogP contribution in [0.15, 0.2) is 35.7 Å². The molecule has 0 saturated heterocycles. The fourth-order valence-electron chi connectivity index (χ4n) is 1.85. The van der Waals surface area contributed by atoms with Crippen molar-refractivity contribution in [2.75, 3.05) is 5.75 Å². The van der Waals surface area contributed by atoms with Crippen LogP contribution in [0.3, 0.4) is 0 Å². The van der Waals surface area contributed by atoms with Crippen LogP contribution in [0.4, 0.5) is 0 Å². The highest BCUT2D eigenvalue weighted by atomic mass is 32.2. The Morgan fingerprint density at radius 3 is 2.75 bits per heavy atom. The number of hydrogen-bond donors (Lipinski definition) is 2. The molecule has 1 amide bonds.